The number of hydrogen-bond acceptors (Lipinski definition) is 5. The Balaban J connectivity index is 1.87. The molecule has 1 aromatic heterocycles. The molecule has 1 aromatic carbocycles. The van der Waals surface area contributed by atoms with Gasteiger partial charge in [0.15, 0.2) is 17.2 Å². The summed E-state index contributed by atoms with van der Waals surface area (Å²) in [5.74, 6) is -1.93. The van der Waals surface area contributed by atoms with Crippen LogP contribution in [-0.2, 0) is 11.0 Å². The van der Waals surface area contributed by atoms with Crippen molar-refractivity contribution in [1.82, 2.24) is 14.9 Å². The van der Waals surface area contributed by atoms with E-state index < -0.39 is 35.5 Å². The maximum Gasteiger partial charge on any atom is 0.434 e. The third-order valence-electron chi connectivity index (χ3n) is 4.98. The van der Waals surface area contributed by atoms with Gasteiger partial charge in [0.25, 0.3) is 11.8 Å². The molecule has 2 aliphatic heterocycles. The highest BCUT2D eigenvalue weighted by Crippen LogP contribution is 2.37. The summed E-state index contributed by atoms with van der Waals surface area (Å²) in [5, 5.41) is 0. The Hall–Kier alpha value is -3.63. The first-order valence-electron chi connectivity index (χ1n) is 9.12. The zero-order chi connectivity index (χ0) is 22.5. The average Bonchev–Trinajstić information content (AvgIpc) is 2.68. The Kier molecular flexibility index (Phi) is 4.83. The fourth-order valence-corrected chi connectivity index (χ4v) is 3.52. The van der Waals surface area contributed by atoms with Crippen molar-refractivity contribution in [3.05, 3.63) is 59.3 Å². The molecular weight excluding hydrogens is 418 g/mol. The second kappa shape index (κ2) is 7.25. The van der Waals surface area contributed by atoms with Crippen LogP contribution in [0.15, 0.2) is 41.5 Å². The van der Waals surface area contributed by atoms with Crippen LogP contribution in [0.3, 0.4) is 0 Å². The van der Waals surface area contributed by atoms with Crippen LogP contribution >= 0.6 is 0 Å². The van der Waals surface area contributed by atoms with Crippen molar-refractivity contribution < 1.29 is 27.2 Å². The maximum absolute atomic E-state index is 13.6. The summed E-state index contributed by atoms with van der Waals surface area (Å²) in [4.78, 5) is 38.6. The SMILES string of the molecule is CC1=NC(=O)C=CC1N1CN(c2ccc(F)cc2C)c2nc(C(F)(F)F)cnc2C1=O. The minimum Gasteiger partial charge on any atom is -0.307 e. The van der Waals surface area contributed by atoms with Gasteiger partial charge < -0.3 is 9.80 Å². The van der Waals surface area contributed by atoms with E-state index in [1.807, 2.05) is 0 Å². The van der Waals surface area contributed by atoms with Crippen molar-refractivity contribution in [2.24, 2.45) is 4.99 Å². The second-order valence-corrected chi connectivity index (χ2v) is 7.10. The molecule has 0 bridgehead atoms. The smallest absolute Gasteiger partial charge is 0.307 e. The van der Waals surface area contributed by atoms with E-state index in [-0.39, 0.29) is 18.2 Å². The monoisotopic (exact) mass is 433 g/mol. The zero-order valence-electron chi connectivity index (χ0n) is 16.3. The van der Waals surface area contributed by atoms with Gasteiger partial charge in [-0.2, -0.15) is 13.2 Å². The largest absolute Gasteiger partial charge is 0.434 e. The van der Waals surface area contributed by atoms with E-state index >= 15 is 0 Å². The first kappa shape index (κ1) is 20.6. The normalized spacial score (nSPS) is 18.9. The lowest BCUT2D eigenvalue weighted by atomic mass is 10.1. The molecule has 0 fully saturated rings. The molecule has 4 rings (SSSR count). The lowest BCUT2D eigenvalue weighted by Gasteiger charge is -2.40. The molecule has 0 radical (unpaired) electrons. The number of alkyl halides is 3. The molecule has 0 N–H and O–H groups in total. The molecule has 2 aliphatic rings. The van der Waals surface area contributed by atoms with Crippen LogP contribution < -0.4 is 4.90 Å². The first-order valence-corrected chi connectivity index (χ1v) is 9.12. The van der Waals surface area contributed by atoms with Crippen molar-refractivity contribution in [3.63, 3.8) is 0 Å². The van der Waals surface area contributed by atoms with Crippen molar-refractivity contribution in [2.75, 3.05) is 11.6 Å². The number of carbonyl (C=O) groups excluding carboxylic acids is 2. The van der Waals surface area contributed by atoms with Crippen molar-refractivity contribution in [3.8, 4) is 0 Å². The number of anilines is 2. The topological polar surface area (TPSA) is 78.8 Å². The number of amides is 2. The molecule has 0 spiro atoms. The number of dihydropyridines is 1. The molecule has 0 saturated carbocycles. The number of aliphatic imine (C=N–C) groups is 1. The van der Waals surface area contributed by atoms with E-state index in [1.165, 1.54) is 34.1 Å². The van der Waals surface area contributed by atoms with Crippen LogP contribution in [0.2, 0.25) is 0 Å². The number of halogens is 4. The number of aromatic nitrogens is 2. The van der Waals surface area contributed by atoms with E-state index in [0.29, 0.717) is 23.2 Å². The first-order chi connectivity index (χ1) is 14.6. The predicted octanol–water partition coefficient (Wildman–Crippen LogP) is 3.42. The lowest BCUT2D eigenvalue weighted by Crippen LogP contribution is -2.53. The van der Waals surface area contributed by atoms with Gasteiger partial charge in [-0.25, -0.2) is 19.4 Å². The summed E-state index contributed by atoms with van der Waals surface area (Å²) in [6.45, 7) is 2.96. The number of benzene rings is 1. The molecule has 2 amide bonds. The van der Waals surface area contributed by atoms with Crippen LogP contribution in [0.25, 0.3) is 0 Å². The molecule has 1 atom stereocenters. The fourth-order valence-electron chi connectivity index (χ4n) is 3.52. The molecule has 3 heterocycles. The quantitative estimate of drug-likeness (QED) is 0.679. The molecule has 1 unspecified atom stereocenters. The van der Waals surface area contributed by atoms with Gasteiger partial charge in [0, 0.05) is 17.5 Å². The molecule has 2 aromatic rings. The second-order valence-electron chi connectivity index (χ2n) is 7.10. The number of carbonyl (C=O) groups is 2. The third kappa shape index (κ3) is 3.66. The van der Waals surface area contributed by atoms with Gasteiger partial charge >= 0.3 is 6.18 Å². The maximum atomic E-state index is 13.6. The van der Waals surface area contributed by atoms with E-state index in [1.54, 1.807) is 13.8 Å². The highest BCUT2D eigenvalue weighted by molar-refractivity contribution is 6.09. The number of aryl methyl sites for hydroxylation is 1. The van der Waals surface area contributed by atoms with E-state index in [2.05, 4.69) is 15.0 Å². The minimum absolute atomic E-state index is 0.204. The van der Waals surface area contributed by atoms with Crippen LogP contribution in [-0.4, -0.2) is 45.1 Å². The highest BCUT2D eigenvalue weighted by Gasteiger charge is 2.41. The third-order valence-corrected chi connectivity index (χ3v) is 4.98. The summed E-state index contributed by atoms with van der Waals surface area (Å²) in [6, 6.07) is 3.08. The van der Waals surface area contributed by atoms with Gasteiger partial charge in [-0.15, -0.1) is 0 Å². The summed E-state index contributed by atoms with van der Waals surface area (Å²) in [7, 11) is 0. The minimum atomic E-state index is -4.76. The molecule has 160 valence electrons. The summed E-state index contributed by atoms with van der Waals surface area (Å²) in [6.07, 6.45) is -1.56. The number of nitrogens with zero attached hydrogens (tertiary/aromatic N) is 5. The summed E-state index contributed by atoms with van der Waals surface area (Å²) in [5.41, 5.74) is -0.405. The number of rotatable bonds is 2. The molecule has 11 heteroatoms. The lowest BCUT2D eigenvalue weighted by molar-refractivity contribution is -0.141. The molecule has 0 saturated heterocycles. The van der Waals surface area contributed by atoms with Gasteiger partial charge in [0.1, 0.15) is 12.5 Å². The molecule has 7 nitrogen and oxygen atoms in total. The zero-order valence-corrected chi connectivity index (χ0v) is 16.3. The van der Waals surface area contributed by atoms with Gasteiger partial charge in [0.2, 0.25) is 0 Å². The van der Waals surface area contributed by atoms with Crippen molar-refractivity contribution in [2.45, 2.75) is 26.1 Å². The Morgan fingerprint density at radius 3 is 2.55 bits per heavy atom. The van der Waals surface area contributed by atoms with E-state index in [4.69, 9.17) is 0 Å². The van der Waals surface area contributed by atoms with Gasteiger partial charge in [-0.1, -0.05) is 6.08 Å². The fraction of sp³-hybridized carbons (Fsp3) is 0.250. The van der Waals surface area contributed by atoms with E-state index in [0.717, 1.165) is 6.07 Å². The van der Waals surface area contributed by atoms with Gasteiger partial charge in [-0.05, 0) is 37.6 Å². The number of hydrogen-bond donors (Lipinski definition) is 0. The summed E-state index contributed by atoms with van der Waals surface area (Å²) < 4.78 is 53.4. The highest BCUT2D eigenvalue weighted by atomic mass is 19.4. The van der Waals surface area contributed by atoms with Crippen LogP contribution in [0.4, 0.5) is 29.1 Å². The molecular formula is C20H15F4N5O2. The number of fused-ring (bicyclic) bond motifs is 1. The Morgan fingerprint density at radius 2 is 1.90 bits per heavy atom. The van der Waals surface area contributed by atoms with E-state index in [9.17, 15) is 27.2 Å². The predicted molar refractivity (Wildman–Crippen MR) is 102 cm³/mol. The molecule has 0 aliphatic carbocycles. The Bertz CT molecular complexity index is 1160. The average molecular weight is 433 g/mol. The van der Waals surface area contributed by atoms with Crippen LogP contribution in [0.5, 0.6) is 0 Å². The van der Waals surface area contributed by atoms with Crippen LogP contribution in [0.1, 0.15) is 28.7 Å². The molecule has 31 heavy (non-hydrogen) atoms. The summed E-state index contributed by atoms with van der Waals surface area (Å²) >= 11 is 0. The standard InChI is InChI=1S/C20H15F4N5O2/c1-10-7-12(21)3-4-13(10)28-9-29(14-5-6-16(30)26-11(14)2)19(31)17-18(28)27-15(8-25-17)20(22,23)24/h3-8,14H,9H2,1-2H3. The van der Waals surface area contributed by atoms with Gasteiger partial charge in [-0.3, -0.25) is 9.59 Å². The van der Waals surface area contributed by atoms with Crippen molar-refractivity contribution >= 4 is 29.0 Å². The van der Waals surface area contributed by atoms with Gasteiger partial charge in [0.05, 0.1) is 12.2 Å². The van der Waals surface area contributed by atoms with Crippen LogP contribution in [0, 0.1) is 12.7 Å². The van der Waals surface area contributed by atoms with Crippen molar-refractivity contribution in [1.29, 1.82) is 0 Å². The Labute approximate surface area is 173 Å². The Morgan fingerprint density at radius 1 is 1.16 bits per heavy atom.